The molecule has 0 spiro atoms. The normalized spacial score (nSPS) is 11.4. The second-order valence-corrected chi connectivity index (χ2v) is 8.80. The highest BCUT2D eigenvalue weighted by molar-refractivity contribution is 7.80. The highest BCUT2D eigenvalue weighted by atomic mass is 32.1. The molecule has 0 bridgehead atoms. The minimum atomic E-state index is 0.434. The Balaban J connectivity index is 1.52. The van der Waals surface area contributed by atoms with E-state index in [9.17, 15) is 0 Å². The zero-order valence-electron chi connectivity index (χ0n) is 21.0. The number of benzene rings is 2. The Kier molecular flexibility index (Phi) is 8.12. The van der Waals surface area contributed by atoms with Gasteiger partial charge in [-0.05, 0) is 80.4 Å². The fourth-order valence-electron chi connectivity index (χ4n) is 3.99. The molecule has 0 aliphatic heterocycles. The molecule has 0 saturated heterocycles. The van der Waals surface area contributed by atoms with Gasteiger partial charge in [0, 0.05) is 40.7 Å². The predicted octanol–water partition coefficient (Wildman–Crippen LogP) is 5.14. The average Bonchev–Trinajstić information content (AvgIpc) is 3.25. The van der Waals surface area contributed by atoms with E-state index in [1.807, 2.05) is 62.5 Å². The first-order valence-corrected chi connectivity index (χ1v) is 12.3. The lowest BCUT2D eigenvalue weighted by Crippen LogP contribution is -2.39. The minimum Gasteiger partial charge on any atom is -0.497 e. The van der Waals surface area contributed by atoms with Gasteiger partial charge in [-0.1, -0.05) is 25.1 Å². The summed E-state index contributed by atoms with van der Waals surface area (Å²) in [6.45, 7) is 6.51. The largest absolute Gasteiger partial charge is 0.497 e. The molecule has 2 aromatic heterocycles. The number of hydrogen-bond donors (Lipinski definition) is 4. The Morgan fingerprint density at radius 1 is 1.03 bits per heavy atom. The highest BCUT2D eigenvalue weighted by Crippen LogP contribution is 2.24. The molecule has 0 atom stereocenters. The molecule has 4 rings (SSSR count). The van der Waals surface area contributed by atoms with Gasteiger partial charge in [-0.15, -0.1) is 0 Å². The van der Waals surface area contributed by atoms with Gasteiger partial charge in [0.15, 0.2) is 5.11 Å². The molecule has 4 aromatic rings. The topological polar surface area (TPSA) is 99.2 Å². The Labute approximate surface area is 216 Å². The molecule has 0 fully saturated rings. The van der Waals surface area contributed by atoms with Crippen molar-refractivity contribution in [2.75, 3.05) is 24.3 Å². The third-order valence-electron chi connectivity index (χ3n) is 5.72. The number of aromatic amines is 1. The molecule has 9 heteroatoms. The van der Waals surface area contributed by atoms with Gasteiger partial charge in [0.2, 0.25) is 11.9 Å². The number of aliphatic imine (C=N–C) groups is 1. The number of hydrogen-bond acceptors (Lipinski definition) is 5. The van der Waals surface area contributed by atoms with Crippen LogP contribution in [0, 0.1) is 13.8 Å². The second kappa shape index (κ2) is 11.6. The summed E-state index contributed by atoms with van der Waals surface area (Å²) in [5.41, 5.74) is 6.11. The maximum atomic E-state index is 5.61. The molecule has 0 unspecified atom stereocenters. The SMILES string of the molecule is CCc1ccccc1NC(=S)NC(=NCCc1c[nH]c2ccc(OC)cc12)Nc1nc(C)cc(C)n1. The van der Waals surface area contributed by atoms with Crippen molar-refractivity contribution in [2.45, 2.75) is 33.6 Å². The van der Waals surface area contributed by atoms with Gasteiger partial charge < -0.3 is 20.4 Å². The van der Waals surface area contributed by atoms with Crippen molar-refractivity contribution < 1.29 is 4.74 Å². The van der Waals surface area contributed by atoms with Gasteiger partial charge in [-0.25, -0.2) is 9.97 Å². The van der Waals surface area contributed by atoms with E-state index >= 15 is 0 Å². The molecule has 0 aliphatic rings. The summed E-state index contributed by atoms with van der Waals surface area (Å²) in [4.78, 5) is 17.1. The number of guanidine groups is 1. The summed E-state index contributed by atoms with van der Waals surface area (Å²) >= 11 is 5.61. The zero-order valence-corrected chi connectivity index (χ0v) is 21.8. The first-order chi connectivity index (χ1) is 17.4. The van der Waals surface area contributed by atoms with E-state index in [1.165, 1.54) is 5.56 Å². The van der Waals surface area contributed by atoms with Crippen LogP contribution in [0.25, 0.3) is 10.9 Å². The molecule has 2 heterocycles. The van der Waals surface area contributed by atoms with Gasteiger partial charge in [-0.2, -0.15) is 0 Å². The molecule has 0 aliphatic carbocycles. The number of rotatable bonds is 7. The van der Waals surface area contributed by atoms with Crippen molar-refractivity contribution in [3.05, 3.63) is 77.2 Å². The molecule has 2 aromatic carbocycles. The van der Waals surface area contributed by atoms with Crippen LogP contribution >= 0.6 is 12.2 Å². The molecular formula is C27H31N7OS. The number of nitrogens with zero attached hydrogens (tertiary/aromatic N) is 3. The summed E-state index contributed by atoms with van der Waals surface area (Å²) in [6, 6.07) is 16.0. The fraction of sp³-hybridized carbons (Fsp3) is 0.259. The Morgan fingerprint density at radius 2 is 1.81 bits per heavy atom. The first kappa shape index (κ1) is 25.1. The fourth-order valence-corrected chi connectivity index (χ4v) is 4.20. The number of nitrogens with one attached hydrogen (secondary N) is 4. The van der Waals surface area contributed by atoms with Gasteiger partial charge in [-0.3, -0.25) is 10.3 Å². The van der Waals surface area contributed by atoms with Crippen molar-refractivity contribution in [3.8, 4) is 5.75 Å². The van der Waals surface area contributed by atoms with Gasteiger partial charge in [0.25, 0.3) is 0 Å². The van der Waals surface area contributed by atoms with E-state index in [4.69, 9.17) is 21.9 Å². The van der Waals surface area contributed by atoms with Crippen molar-refractivity contribution in [1.29, 1.82) is 0 Å². The highest BCUT2D eigenvalue weighted by Gasteiger charge is 2.10. The van der Waals surface area contributed by atoms with Crippen LogP contribution in [0.15, 0.2) is 59.7 Å². The molecule has 8 nitrogen and oxygen atoms in total. The van der Waals surface area contributed by atoms with E-state index < -0.39 is 0 Å². The van der Waals surface area contributed by atoms with Crippen LogP contribution in [0.5, 0.6) is 5.75 Å². The van der Waals surface area contributed by atoms with Crippen LogP contribution in [0.2, 0.25) is 0 Å². The Hall–Kier alpha value is -3.98. The minimum absolute atomic E-state index is 0.434. The predicted molar refractivity (Wildman–Crippen MR) is 151 cm³/mol. The zero-order chi connectivity index (χ0) is 25.5. The summed E-state index contributed by atoms with van der Waals surface area (Å²) in [5.74, 6) is 1.77. The van der Waals surface area contributed by atoms with Gasteiger partial charge in [0.1, 0.15) is 5.75 Å². The van der Waals surface area contributed by atoms with Crippen LogP contribution in [-0.4, -0.2) is 39.7 Å². The quantitative estimate of drug-likeness (QED) is 0.158. The number of methoxy groups -OCH3 is 1. The monoisotopic (exact) mass is 501 g/mol. The number of para-hydroxylation sites is 1. The number of aryl methyl sites for hydroxylation is 3. The number of thiocarbonyl (C=S) groups is 1. The number of anilines is 2. The summed E-state index contributed by atoms with van der Waals surface area (Å²) in [6.07, 6.45) is 3.64. The maximum Gasteiger partial charge on any atom is 0.229 e. The van der Waals surface area contributed by atoms with E-state index in [-0.39, 0.29) is 0 Å². The lowest BCUT2D eigenvalue weighted by Gasteiger charge is -2.16. The lowest BCUT2D eigenvalue weighted by atomic mass is 10.1. The lowest BCUT2D eigenvalue weighted by molar-refractivity contribution is 0.415. The molecule has 4 N–H and O–H groups in total. The Morgan fingerprint density at radius 3 is 2.56 bits per heavy atom. The smallest absolute Gasteiger partial charge is 0.229 e. The van der Waals surface area contributed by atoms with Gasteiger partial charge >= 0.3 is 0 Å². The van der Waals surface area contributed by atoms with Crippen molar-refractivity contribution in [1.82, 2.24) is 20.3 Å². The number of fused-ring (bicyclic) bond motifs is 1. The van der Waals surface area contributed by atoms with E-state index in [0.717, 1.165) is 52.1 Å². The number of H-pyrrole nitrogens is 1. The standard InChI is InChI=1S/C27H31N7OS/c1-5-19-8-6-7-9-23(19)32-27(36)34-25(33-26-30-17(2)14-18(3)31-26)28-13-12-20-16-29-24-11-10-21(35-4)15-22(20)24/h6-11,14-16,29H,5,12-13H2,1-4H3,(H3,28,30,31,32,33,34,36). The van der Waals surface area contributed by atoms with Crippen LogP contribution in [-0.2, 0) is 12.8 Å². The molecule has 186 valence electrons. The molecule has 0 saturated carbocycles. The van der Waals surface area contributed by atoms with Crippen molar-refractivity contribution in [2.24, 2.45) is 4.99 Å². The van der Waals surface area contributed by atoms with Crippen molar-refractivity contribution in [3.63, 3.8) is 0 Å². The van der Waals surface area contributed by atoms with Crippen LogP contribution in [0.4, 0.5) is 11.6 Å². The molecular weight excluding hydrogens is 470 g/mol. The first-order valence-electron chi connectivity index (χ1n) is 11.9. The van der Waals surface area contributed by atoms with Crippen LogP contribution in [0.3, 0.4) is 0 Å². The van der Waals surface area contributed by atoms with Crippen LogP contribution < -0.4 is 20.7 Å². The third kappa shape index (κ3) is 6.37. The van der Waals surface area contributed by atoms with Crippen molar-refractivity contribution >= 4 is 45.8 Å². The van der Waals surface area contributed by atoms with Gasteiger partial charge in [0.05, 0.1) is 7.11 Å². The van der Waals surface area contributed by atoms with Crippen LogP contribution in [0.1, 0.15) is 29.4 Å². The molecule has 0 amide bonds. The third-order valence-corrected chi connectivity index (χ3v) is 5.92. The number of ether oxygens (including phenoxy) is 1. The average molecular weight is 502 g/mol. The Bertz CT molecular complexity index is 1380. The summed E-state index contributed by atoms with van der Waals surface area (Å²) < 4.78 is 5.39. The summed E-state index contributed by atoms with van der Waals surface area (Å²) in [7, 11) is 1.67. The molecule has 0 radical (unpaired) electrons. The second-order valence-electron chi connectivity index (χ2n) is 8.39. The van der Waals surface area contributed by atoms with E-state index in [2.05, 4.69) is 43.9 Å². The number of aromatic nitrogens is 3. The van der Waals surface area contributed by atoms with E-state index in [0.29, 0.717) is 23.6 Å². The van der Waals surface area contributed by atoms with E-state index in [1.54, 1.807) is 7.11 Å². The molecule has 36 heavy (non-hydrogen) atoms. The maximum absolute atomic E-state index is 5.61. The summed E-state index contributed by atoms with van der Waals surface area (Å²) in [5, 5.41) is 11.2.